The first-order chi connectivity index (χ1) is 21.0. The molecule has 0 aromatic carbocycles. The predicted molar refractivity (Wildman–Crippen MR) is 201 cm³/mol. The van der Waals surface area contributed by atoms with Crippen LogP contribution in [0.2, 0.25) is 0 Å². The van der Waals surface area contributed by atoms with Crippen molar-refractivity contribution in [2.45, 2.75) is 0 Å². The smallest absolute Gasteiger partial charge is 0.753 e. The van der Waals surface area contributed by atoms with Crippen LogP contribution in [0.25, 0.3) is 10.8 Å². The van der Waals surface area contributed by atoms with Gasteiger partial charge in [-0.3, -0.25) is 19.9 Å². The molecule has 0 saturated heterocycles. The predicted octanol–water partition coefficient (Wildman–Crippen LogP) is 3.79. The van der Waals surface area contributed by atoms with Crippen molar-refractivity contribution < 1.29 is 21.9 Å². The Morgan fingerprint density at radius 3 is 0.667 bits per heavy atom. The number of aliphatic hydroxyl groups is 1. The molecule has 0 fully saturated rings. The first-order valence-corrected chi connectivity index (χ1v) is 13.8. The summed E-state index contributed by atoms with van der Waals surface area (Å²) in [5.41, 5.74) is 24.7. The van der Waals surface area contributed by atoms with Crippen LogP contribution in [0.5, 0.6) is 0 Å². The van der Waals surface area contributed by atoms with Gasteiger partial charge in [-0.25, -0.2) is 0 Å². The average Bonchev–Trinajstić information content (AvgIpc) is 3.05. The number of hydrogen-bond donors (Lipinski definition) is 5. The molecule has 0 bridgehead atoms. The van der Waals surface area contributed by atoms with Crippen LogP contribution in [0, 0.1) is 0 Å². The number of hydrogen-bond acceptors (Lipinski definition) is 11. The molecule has 237 valence electrons. The maximum absolute atomic E-state index is 7.13. The van der Waals surface area contributed by atoms with Crippen LogP contribution in [-0.2, 0) is 16.8 Å². The zero-order chi connectivity index (χ0) is 34.2. The van der Waals surface area contributed by atoms with Gasteiger partial charge in [-0.1, -0.05) is 73.3 Å². The molecule has 0 amide bonds. The average molecular weight is 760 g/mol. The Bertz CT molecular complexity index is 1220. The largest absolute Gasteiger partial charge is 2.00 e. The number of aromatic nitrogens is 4. The maximum Gasteiger partial charge on any atom is 2.00 e. The molecular formula is C27H28CoN10OS6. The quantitative estimate of drug-likeness (QED) is 0.148. The summed E-state index contributed by atoms with van der Waals surface area (Å²) in [4.78, 5) is 16.9. The van der Waals surface area contributed by atoms with Gasteiger partial charge in [0.15, 0.2) is 0 Å². The van der Waals surface area contributed by atoms with Crippen molar-refractivity contribution in [3.05, 3.63) is 131 Å². The summed E-state index contributed by atoms with van der Waals surface area (Å²) in [6.45, 7) is 0. The van der Waals surface area contributed by atoms with Crippen LogP contribution in [0.3, 0.4) is 0 Å². The second-order valence-electron chi connectivity index (χ2n) is 6.58. The molecule has 9 N–H and O–H groups in total. The van der Waals surface area contributed by atoms with E-state index in [-0.39, 0.29) is 16.8 Å². The Hall–Kier alpha value is -3.77. The number of pyridine rings is 4. The van der Waals surface area contributed by atoms with E-state index in [1.807, 2.05) is 0 Å². The molecule has 18 heteroatoms. The van der Waals surface area contributed by atoms with Crippen LogP contribution < -0.4 is 22.9 Å². The first-order valence-electron chi connectivity index (χ1n) is 11.3. The molecule has 0 aliphatic heterocycles. The van der Waals surface area contributed by atoms with E-state index in [0.717, 1.165) is 29.4 Å². The summed E-state index contributed by atoms with van der Waals surface area (Å²) < 4.78 is 0. The van der Waals surface area contributed by atoms with Gasteiger partial charge in [0.2, 0.25) is 0 Å². The van der Waals surface area contributed by atoms with E-state index >= 15 is 0 Å². The van der Waals surface area contributed by atoms with Gasteiger partial charge < -0.3 is 38.9 Å². The fraction of sp³-hybridized carbons (Fsp3) is 0.0370. The number of aliphatic hydroxyl groups excluding tert-OH is 1. The zero-order valence-electron chi connectivity index (χ0n) is 23.5. The van der Waals surface area contributed by atoms with Crippen molar-refractivity contribution in [3.8, 4) is 0 Å². The SMILES string of the molecule is CO.NC(=S)c1ccncc1.NC(=S)c1ccncc1.NC(=S)c1ccncc1.NC(=S)c1ccncc1.[Co+2].[N-]=C=S.[N-]=C=S. The van der Waals surface area contributed by atoms with Crippen molar-refractivity contribution in [2.75, 3.05) is 7.11 Å². The molecule has 0 unspecified atom stereocenters. The minimum Gasteiger partial charge on any atom is -0.753 e. The van der Waals surface area contributed by atoms with Gasteiger partial charge in [0.25, 0.3) is 0 Å². The van der Waals surface area contributed by atoms with Gasteiger partial charge in [0.05, 0.1) is 0 Å². The monoisotopic (exact) mass is 759 g/mol. The standard InChI is InChI=1S/4C6H6N2S.2CNS.CH4O.Co/c4*7-6(9)5-1-3-8-4-2-5;2*2-1-3;1-2;/h4*1-4H,(H2,7,9);;;2H,1H3;/q;;;;2*-1;;+2. The zero-order valence-corrected chi connectivity index (χ0v) is 29.4. The fourth-order valence-electron chi connectivity index (χ4n) is 2.06. The molecule has 0 saturated carbocycles. The van der Waals surface area contributed by atoms with Crippen molar-refractivity contribution in [1.82, 2.24) is 19.9 Å². The molecule has 4 aromatic rings. The molecule has 45 heavy (non-hydrogen) atoms. The van der Waals surface area contributed by atoms with Crippen LogP contribution >= 0.6 is 73.3 Å². The van der Waals surface area contributed by atoms with Crippen molar-refractivity contribution in [3.63, 3.8) is 0 Å². The Labute approximate surface area is 304 Å². The van der Waals surface area contributed by atoms with E-state index in [0.29, 0.717) is 20.0 Å². The topological polar surface area (TPSA) is 220 Å². The molecule has 11 nitrogen and oxygen atoms in total. The van der Waals surface area contributed by atoms with E-state index in [9.17, 15) is 0 Å². The number of rotatable bonds is 4. The summed E-state index contributed by atoms with van der Waals surface area (Å²) >= 11 is 26.2. The van der Waals surface area contributed by atoms with Crippen molar-refractivity contribution in [2.24, 2.45) is 22.9 Å². The number of isothiocyanates is 2. The van der Waals surface area contributed by atoms with Crippen LogP contribution in [0.4, 0.5) is 0 Å². The number of nitrogens with zero attached hydrogens (tertiary/aromatic N) is 6. The maximum atomic E-state index is 7.13. The van der Waals surface area contributed by atoms with Gasteiger partial charge >= 0.3 is 16.8 Å². The van der Waals surface area contributed by atoms with Gasteiger partial charge in [-0.2, -0.15) is 10.3 Å². The minimum atomic E-state index is 0. The summed E-state index contributed by atoms with van der Waals surface area (Å²) in [5.74, 6) is 0. The van der Waals surface area contributed by atoms with E-state index in [1.165, 1.54) is 10.3 Å². The van der Waals surface area contributed by atoms with E-state index < -0.39 is 0 Å². The fourth-order valence-corrected chi connectivity index (χ4v) is 2.61. The molecule has 0 spiro atoms. The Morgan fingerprint density at radius 2 is 0.600 bits per heavy atom. The minimum absolute atomic E-state index is 0. The van der Waals surface area contributed by atoms with Crippen LogP contribution in [0.15, 0.2) is 98.1 Å². The second kappa shape index (κ2) is 34.7. The number of thiocarbonyl (C=S) groups is 6. The Kier molecular flexibility index (Phi) is 37.1. The van der Waals surface area contributed by atoms with Crippen LogP contribution in [-0.4, -0.2) is 62.4 Å². The third kappa shape index (κ3) is 30.1. The molecular weight excluding hydrogens is 732 g/mol. The van der Waals surface area contributed by atoms with E-state index in [1.54, 1.807) is 98.1 Å². The number of nitrogens with two attached hydrogens (primary N) is 4. The van der Waals surface area contributed by atoms with E-state index in [2.05, 4.69) is 44.4 Å². The second-order valence-corrected chi connectivity index (χ2v) is 8.71. The molecule has 4 heterocycles. The third-order valence-corrected chi connectivity index (χ3v) is 4.80. The van der Waals surface area contributed by atoms with Crippen LogP contribution in [0.1, 0.15) is 22.3 Å². The molecule has 4 aromatic heterocycles. The Balaban J connectivity index is -0.000000229. The first kappa shape index (κ1) is 48.1. The third-order valence-electron chi connectivity index (χ3n) is 3.86. The molecule has 1 radical (unpaired) electrons. The molecule has 0 aliphatic carbocycles. The van der Waals surface area contributed by atoms with E-state index in [4.69, 9.17) is 87.7 Å². The van der Waals surface area contributed by atoms with Crippen molar-refractivity contribution >= 4 is 104 Å². The van der Waals surface area contributed by atoms with Crippen molar-refractivity contribution in [1.29, 1.82) is 0 Å². The summed E-state index contributed by atoms with van der Waals surface area (Å²) in [6, 6.07) is 14.2. The summed E-state index contributed by atoms with van der Waals surface area (Å²) in [7, 11) is 1.00. The summed E-state index contributed by atoms with van der Waals surface area (Å²) in [6.07, 6.45) is 13.3. The molecule has 0 aliphatic rings. The van der Waals surface area contributed by atoms with Gasteiger partial charge in [-0.05, 0) is 48.5 Å². The Morgan fingerprint density at radius 1 is 0.489 bits per heavy atom. The molecule has 4 rings (SSSR count). The summed E-state index contributed by atoms with van der Waals surface area (Å²) in [5, 5.41) is 23.9. The normalized spacial score (nSPS) is 7.60. The van der Waals surface area contributed by atoms with Gasteiger partial charge in [0.1, 0.15) is 20.0 Å². The van der Waals surface area contributed by atoms with Gasteiger partial charge in [0, 0.05) is 78.9 Å². The molecule has 0 atom stereocenters. The van der Waals surface area contributed by atoms with Gasteiger partial charge in [-0.15, -0.1) is 0 Å².